The summed E-state index contributed by atoms with van der Waals surface area (Å²) in [6.45, 7) is 14.0. The zero-order valence-corrected chi connectivity index (χ0v) is 58.4. The molecule has 516 valence electrons. The van der Waals surface area contributed by atoms with E-state index in [4.69, 9.17) is 37.0 Å². The van der Waals surface area contributed by atoms with Crippen LogP contribution >= 0.6 is 15.6 Å². The normalized spacial score (nSPS) is 14.6. The van der Waals surface area contributed by atoms with E-state index < -0.39 is 97.5 Å². The minimum Gasteiger partial charge on any atom is -0.462 e. The minimum atomic E-state index is -4.95. The molecule has 0 aromatic heterocycles. The van der Waals surface area contributed by atoms with Gasteiger partial charge in [-0.3, -0.25) is 37.3 Å². The van der Waals surface area contributed by atoms with Gasteiger partial charge in [0, 0.05) is 25.7 Å². The van der Waals surface area contributed by atoms with Crippen LogP contribution in [-0.4, -0.2) is 96.7 Å². The number of carbonyl (C=O) groups is 4. The van der Waals surface area contributed by atoms with Gasteiger partial charge in [-0.15, -0.1) is 0 Å². The number of ether oxygens (including phenoxy) is 4. The molecule has 0 saturated heterocycles. The Bertz CT molecular complexity index is 1730. The van der Waals surface area contributed by atoms with Crippen LogP contribution in [0.5, 0.6) is 0 Å². The summed E-state index contributed by atoms with van der Waals surface area (Å²) in [5, 5.41) is 10.6. The number of unbranched alkanes of at least 4 members (excludes halogenated alkanes) is 30. The van der Waals surface area contributed by atoms with Crippen molar-refractivity contribution in [2.24, 2.45) is 23.7 Å². The molecule has 0 heterocycles. The summed E-state index contributed by atoms with van der Waals surface area (Å²) in [7, 11) is -9.90. The monoisotopic (exact) mass is 1280 g/mol. The molecule has 0 aliphatic heterocycles. The molecule has 0 aliphatic carbocycles. The van der Waals surface area contributed by atoms with Crippen molar-refractivity contribution in [1.29, 1.82) is 0 Å². The molecule has 0 aromatic carbocycles. The molecule has 0 rings (SSSR count). The number of carbonyl (C=O) groups excluding carboxylic acids is 4. The Hall–Kier alpha value is -1.94. The molecule has 0 fully saturated rings. The molecule has 19 heteroatoms. The van der Waals surface area contributed by atoms with Crippen molar-refractivity contribution >= 4 is 39.5 Å². The lowest BCUT2D eigenvalue weighted by Crippen LogP contribution is -2.30. The Morgan fingerprint density at radius 1 is 0.322 bits per heavy atom. The van der Waals surface area contributed by atoms with Gasteiger partial charge in [-0.25, -0.2) is 9.13 Å². The molecule has 3 N–H and O–H groups in total. The first-order chi connectivity index (χ1) is 41.6. The molecule has 0 radical (unpaired) electrons. The van der Waals surface area contributed by atoms with E-state index in [0.29, 0.717) is 43.4 Å². The van der Waals surface area contributed by atoms with Gasteiger partial charge in [0.25, 0.3) is 0 Å². The van der Waals surface area contributed by atoms with Crippen molar-refractivity contribution in [1.82, 2.24) is 0 Å². The van der Waals surface area contributed by atoms with Gasteiger partial charge in [-0.1, -0.05) is 280 Å². The van der Waals surface area contributed by atoms with E-state index in [2.05, 4.69) is 55.4 Å². The van der Waals surface area contributed by atoms with Gasteiger partial charge in [-0.2, -0.15) is 0 Å². The second-order valence-electron chi connectivity index (χ2n) is 26.2. The molecule has 0 spiro atoms. The summed E-state index contributed by atoms with van der Waals surface area (Å²) in [4.78, 5) is 72.3. The number of aliphatic hydroxyl groups excluding tert-OH is 1. The average molecular weight is 1280 g/mol. The smallest absolute Gasteiger partial charge is 0.462 e. The summed E-state index contributed by atoms with van der Waals surface area (Å²) in [6.07, 6.45) is 39.3. The number of hydrogen-bond acceptors (Lipinski definition) is 15. The van der Waals surface area contributed by atoms with Gasteiger partial charge in [0.2, 0.25) is 0 Å². The Kier molecular flexibility index (Phi) is 56.6. The van der Waals surface area contributed by atoms with E-state index in [-0.39, 0.29) is 25.7 Å². The van der Waals surface area contributed by atoms with Gasteiger partial charge < -0.3 is 33.8 Å². The van der Waals surface area contributed by atoms with Crippen LogP contribution in [0.3, 0.4) is 0 Å². The standard InChI is InChI=1S/C68H132O17P2/c1-9-61(8)47-39-31-22-16-14-12-10-11-13-15-17-23-34-42-50-67(72)84-63(54-78-65(70)48-40-32-24-18-20-28-36-44-58(2)3)56-82-86(74,75)80-52-62(69)53-81-87(76,77)83-57-64(55-79-66(71)49-41-33-27-26-30-38-46-60(6)7)85-68(73)51-43-35-25-19-21-29-37-45-59(4)5/h58-64,69H,9-57H2,1-8H3,(H,74,75)(H,76,77)/t61?,62?,63-,64-/m1/s1. The van der Waals surface area contributed by atoms with Crippen molar-refractivity contribution in [2.45, 2.75) is 350 Å². The third-order valence-corrected chi connectivity index (χ3v) is 17.8. The molecule has 0 aromatic rings. The van der Waals surface area contributed by atoms with Crippen LogP contribution < -0.4 is 0 Å². The largest absolute Gasteiger partial charge is 0.472 e. The molecule has 0 saturated carbocycles. The maximum Gasteiger partial charge on any atom is 0.472 e. The first kappa shape index (κ1) is 85.1. The highest BCUT2D eigenvalue weighted by Crippen LogP contribution is 2.45. The van der Waals surface area contributed by atoms with Crippen molar-refractivity contribution in [3.8, 4) is 0 Å². The van der Waals surface area contributed by atoms with Crippen LogP contribution in [0.1, 0.15) is 331 Å². The fourth-order valence-corrected chi connectivity index (χ4v) is 11.7. The molecule has 0 aliphatic rings. The van der Waals surface area contributed by atoms with Gasteiger partial charge in [-0.05, 0) is 49.4 Å². The van der Waals surface area contributed by atoms with E-state index in [1.807, 2.05) is 0 Å². The second kappa shape index (κ2) is 57.9. The second-order valence-corrected chi connectivity index (χ2v) is 29.1. The Balaban J connectivity index is 5.20. The Labute approximate surface area is 530 Å². The predicted molar refractivity (Wildman–Crippen MR) is 349 cm³/mol. The van der Waals surface area contributed by atoms with Gasteiger partial charge >= 0.3 is 39.5 Å². The highest BCUT2D eigenvalue weighted by molar-refractivity contribution is 7.47. The molecule has 17 nitrogen and oxygen atoms in total. The Morgan fingerprint density at radius 3 is 0.816 bits per heavy atom. The Morgan fingerprint density at radius 2 is 0.552 bits per heavy atom. The fourth-order valence-electron chi connectivity index (χ4n) is 10.1. The lowest BCUT2D eigenvalue weighted by atomic mass is 9.99. The van der Waals surface area contributed by atoms with E-state index >= 15 is 0 Å². The first-order valence-electron chi connectivity index (χ1n) is 35.2. The number of phosphoric ester groups is 2. The molecule has 4 unspecified atom stereocenters. The molecule has 0 amide bonds. The van der Waals surface area contributed by atoms with Crippen LogP contribution in [0.25, 0.3) is 0 Å². The van der Waals surface area contributed by atoms with Crippen molar-refractivity contribution in [3.05, 3.63) is 0 Å². The number of hydrogen-bond donors (Lipinski definition) is 3. The third-order valence-electron chi connectivity index (χ3n) is 15.9. The maximum absolute atomic E-state index is 13.0. The topological polar surface area (TPSA) is 237 Å². The molecular formula is C68H132O17P2. The number of phosphoric acid groups is 2. The quantitative estimate of drug-likeness (QED) is 0.0222. The highest BCUT2D eigenvalue weighted by atomic mass is 31.2. The number of rotatable bonds is 65. The number of esters is 4. The lowest BCUT2D eigenvalue weighted by molar-refractivity contribution is -0.161. The molecule has 0 bridgehead atoms. The van der Waals surface area contributed by atoms with Crippen molar-refractivity contribution < 1.29 is 80.2 Å². The summed E-state index contributed by atoms with van der Waals surface area (Å²) < 4.78 is 68.1. The summed E-state index contributed by atoms with van der Waals surface area (Å²) in [5.74, 6) is 0.789. The van der Waals surface area contributed by atoms with Crippen LogP contribution in [0, 0.1) is 23.7 Å². The van der Waals surface area contributed by atoms with Gasteiger partial charge in [0.1, 0.15) is 19.3 Å². The van der Waals surface area contributed by atoms with Crippen LogP contribution in [0.4, 0.5) is 0 Å². The maximum atomic E-state index is 13.0. The molecular weight excluding hydrogens is 1150 g/mol. The van der Waals surface area contributed by atoms with Crippen LogP contribution in [-0.2, 0) is 65.4 Å². The SMILES string of the molecule is CCC(C)CCCCCCCCCCCCCCCCC(=O)O[C@H](COC(=O)CCCCCCCCCC(C)C)COP(=O)(O)OCC(O)COP(=O)(O)OC[C@@H](COC(=O)CCCCCCCCC(C)C)OC(=O)CCCCCCCCCC(C)C. The van der Waals surface area contributed by atoms with Gasteiger partial charge in [0.05, 0.1) is 26.4 Å². The summed E-state index contributed by atoms with van der Waals surface area (Å²) >= 11 is 0. The minimum absolute atomic E-state index is 0.102. The summed E-state index contributed by atoms with van der Waals surface area (Å²) in [6, 6.07) is 0. The predicted octanol–water partition coefficient (Wildman–Crippen LogP) is 18.9. The van der Waals surface area contributed by atoms with E-state index in [1.165, 1.54) is 122 Å². The number of aliphatic hydroxyl groups is 1. The van der Waals surface area contributed by atoms with Crippen molar-refractivity contribution in [3.63, 3.8) is 0 Å². The van der Waals surface area contributed by atoms with Crippen molar-refractivity contribution in [2.75, 3.05) is 39.6 Å². The lowest BCUT2D eigenvalue weighted by Gasteiger charge is -2.21. The van der Waals surface area contributed by atoms with Gasteiger partial charge in [0.15, 0.2) is 12.2 Å². The fraction of sp³-hybridized carbons (Fsp3) is 0.941. The zero-order chi connectivity index (χ0) is 64.7. The van der Waals surface area contributed by atoms with Crippen LogP contribution in [0.15, 0.2) is 0 Å². The van der Waals surface area contributed by atoms with E-state index in [0.717, 1.165) is 109 Å². The summed E-state index contributed by atoms with van der Waals surface area (Å²) in [5.41, 5.74) is 0. The molecule has 87 heavy (non-hydrogen) atoms. The van der Waals surface area contributed by atoms with E-state index in [1.54, 1.807) is 0 Å². The van der Waals surface area contributed by atoms with E-state index in [9.17, 15) is 43.2 Å². The highest BCUT2D eigenvalue weighted by Gasteiger charge is 2.30. The zero-order valence-electron chi connectivity index (χ0n) is 56.6. The third kappa shape index (κ3) is 61.3. The first-order valence-corrected chi connectivity index (χ1v) is 38.2. The average Bonchev–Trinajstić information content (AvgIpc) is 3.52. The molecule has 6 atom stereocenters. The van der Waals surface area contributed by atoms with Crippen LogP contribution in [0.2, 0.25) is 0 Å².